The Morgan fingerprint density at radius 2 is 2.25 bits per heavy atom. The van der Waals surface area contributed by atoms with Gasteiger partial charge in [0.05, 0.1) is 6.10 Å². The lowest BCUT2D eigenvalue weighted by Gasteiger charge is -2.18. The fourth-order valence-electron chi connectivity index (χ4n) is 1.75. The van der Waals surface area contributed by atoms with Gasteiger partial charge in [-0.25, -0.2) is 0 Å². The maximum atomic E-state index is 9.53. The number of hydrogen-bond acceptors (Lipinski definition) is 2. The van der Waals surface area contributed by atoms with Crippen LogP contribution in [0, 0.1) is 5.92 Å². The van der Waals surface area contributed by atoms with Gasteiger partial charge in [-0.05, 0) is 32.1 Å². The lowest BCUT2D eigenvalue weighted by molar-refractivity contribution is 0.130. The summed E-state index contributed by atoms with van der Waals surface area (Å²) in [4.78, 5) is 0. The van der Waals surface area contributed by atoms with Crippen molar-refractivity contribution in [3.05, 3.63) is 0 Å². The van der Waals surface area contributed by atoms with E-state index in [0.717, 1.165) is 13.0 Å². The van der Waals surface area contributed by atoms with Crippen LogP contribution in [0.2, 0.25) is 0 Å². The number of hydrogen-bond donors (Lipinski definition) is 2. The molecule has 0 aromatic rings. The van der Waals surface area contributed by atoms with Crippen LogP contribution in [0.4, 0.5) is 0 Å². The summed E-state index contributed by atoms with van der Waals surface area (Å²) in [6, 6.07) is 0.595. The highest BCUT2D eigenvalue weighted by atomic mass is 16.3. The summed E-state index contributed by atoms with van der Waals surface area (Å²) in [6.07, 6.45) is 4.54. The second-order valence-electron chi connectivity index (χ2n) is 3.98. The fraction of sp³-hybridized carbons (Fsp3) is 1.00. The van der Waals surface area contributed by atoms with Crippen molar-refractivity contribution in [1.29, 1.82) is 0 Å². The first-order valence-corrected chi connectivity index (χ1v) is 5.15. The summed E-state index contributed by atoms with van der Waals surface area (Å²) in [7, 11) is 0. The standard InChI is InChI=1S/C10H21NO/c1-3-8(2)11-7-9-5-4-6-10(9)12/h8-12H,3-7H2,1-2H3. The van der Waals surface area contributed by atoms with Gasteiger partial charge in [0.1, 0.15) is 0 Å². The second kappa shape index (κ2) is 4.83. The van der Waals surface area contributed by atoms with Crippen LogP contribution in [0.15, 0.2) is 0 Å². The highest BCUT2D eigenvalue weighted by molar-refractivity contribution is 4.78. The lowest BCUT2D eigenvalue weighted by atomic mass is 10.1. The van der Waals surface area contributed by atoms with Crippen molar-refractivity contribution >= 4 is 0 Å². The molecule has 2 N–H and O–H groups in total. The molecular formula is C10H21NO. The van der Waals surface area contributed by atoms with Gasteiger partial charge in [0, 0.05) is 12.6 Å². The molecule has 0 bridgehead atoms. The van der Waals surface area contributed by atoms with Crippen LogP contribution in [-0.2, 0) is 0 Å². The van der Waals surface area contributed by atoms with E-state index < -0.39 is 0 Å². The minimum absolute atomic E-state index is 0.0402. The zero-order chi connectivity index (χ0) is 8.97. The van der Waals surface area contributed by atoms with E-state index in [-0.39, 0.29) is 6.10 Å². The molecule has 3 unspecified atom stereocenters. The first kappa shape index (κ1) is 10.0. The van der Waals surface area contributed by atoms with E-state index in [9.17, 15) is 5.11 Å². The molecule has 0 heterocycles. The third-order valence-corrected chi connectivity index (χ3v) is 2.96. The zero-order valence-electron chi connectivity index (χ0n) is 8.21. The molecule has 0 amide bonds. The van der Waals surface area contributed by atoms with Gasteiger partial charge in [0.15, 0.2) is 0 Å². The van der Waals surface area contributed by atoms with Crippen molar-refractivity contribution in [2.75, 3.05) is 6.54 Å². The van der Waals surface area contributed by atoms with E-state index in [1.165, 1.54) is 19.3 Å². The largest absolute Gasteiger partial charge is 0.393 e. The third kappa shape index (κ3) is 2.76. The summed E-state index contributed by atoms with van der Waals surface area (Å²) in [5.74, 6) is 0.513. The highest BCUT2D eigenvalue weighted by Crippen LogP contribution is 2.24. The molecule has 2 heteroatoms. The Morgan fingerprint density at radius 3 is 2.75 bits per heavy atom. The molecule has 72 valence electrons. The van der Waals surface area contributed by atoms with Gasteiger partial charge >= 0.3 is 0 Å². The molecule has 0 aromatic heterocycles. The maximum Gasteiger partial charge on any atom is 0.0580 e. The summed E-state index contributed by atoms with van der Waals surface area (Å²) < 4.78 is 0. The molecule has 1 rings (SSSR count). The number of rotatable bonds is 4. The molecule has 3 atom stereocenters. The van der Waals surface area contributed by atoms with E-state index in [1.807, 2.05) is 0 Å². The first-order valence-electron chi connectivity index (χ1n) is 5.15. The van der Waals surface area contributed by atoms with E-state index in [0.29, 0.717) is 12.0 Å². The maximum absolute atomic E-state index is 9.53. The van der Waals surface area contributed by atoms with E-state index >= 15 is 0 Å². The van der Waals surface area contributed by atoms with Crippen molar-refractivity contribution < 1.29 is 5.11 Å². The van der Waals surface area contributed by atoms with Crippen LogP contribution in [0.25, 0.3) is 0 Å². The Bertz CT molecular complexity index is 127. The average Bonchev–Trinajstić information content (AvgIpc) is 2.47. The monoisotopic (exact) mass is 171 g/mol. The van der Waals surface area contributed by atoms with Crippen molar-refractivity contribution in [1.82, 2.24) is 5.32 Å². The van der Waals surface area contributed by atoms with Crippen LogP contribution in [0.3, 0.4) is 0 Å². The molecule has 0 spiro atoms. The Labute approximate surface area is 75.4 Å². The van der Waals surface area contributed by atoms with Gasteiger partial charge < -0.3 is 10.4 Å². The van der Waals surface area contributed by atoms with Crippen molar-refractivity contribution in [2.24, 2.45) is 5.92 Å². The van der Waals surface area contributed by atoms with E-state index in [4.69, 9.17) is 0 Å². The van der Waals surface area contributed by atoms with Gasteiger partial charge in [-0.15, -0.1) is 0 Å². The predicted molar refractivity (Wildman–Crippen MR) is 51.1 cm³/mol. The molecule has 2 nitrogen and oxygen atoms in total. The Morgan fingerprint density at radius 1 is 1.50 bits per heavy atom. The summed E-state index contributed by atoms with van der Waals surface area (Å²) >= 11 is 0. The minimum Gasteiger partial charge on any atom is -0.393 e. The molecule has 0 saturated heterocycles. The first-order chi connectivity index (χ1) is 5.74. The molecule has 1 fully saturated rings. The number of aliphatic hydroxyl groups is 1. The quantitative estimate of drug-likeness (QED) is 0.672. The summed E-state index contributed by atoms with van der Waals surface area (Å²) in [5.41, 5.74) is 0. The summed E-state index contributed by atoms with van der Waals surface area (Å²) in [5, 5.41) is 13.0. The van der Waals surface area contributed by atoms with Crippen molar-refractivity contribution in [3.63, 3.8) is 0 Å². The van der Waals surface area contributed by atoms with E-state index in [1.54, 1.807) is 0 Å². The molecule has 1 aliphatic rings. The predicted octanol–water partition coefficient (Wildman–Crippen LogP) is 1.54. The third-order valence-electron chi connectivity index (χ3n) is 2.96. The molecule has 12 heavy (non-hydrogen) atoms. The van der Waals surface area contributed by atoms with Crippen molar-refractivity contribution in [2.45, 2.75) is 51.7 Å². The lowest BCUT2D eigenvalue weighted by Crippen LogP contribution is -2.33. The molecule has 0 aromatic carbocycles. The Hall–Kier alpha value is -0.0800. The zero-order valence-corrected chi connectivity index (χ0v) is 8.21. The van der Waals surface area contributed by atoms with Crippen LogP contribution in [-0.4, -0.2) is 23.8 Å². The molecular weight excluding hydrogens is 150 g/mol. The smallest absolute Gasteiger partial charge is 0.0580 e. The topological polar surface area (TPSA) is 32.3 Å². The molecule has 1 saturated carbocycles. The van der Waals surface area contributed by atoms with Gasteiger partial charge in [-0.1, -0.05) is 13.3 Å². The van der Waals surface area contributed by atoms with Gasteiger partial charge in [0.25, 0.3) is 0 Å². The summed E-state index contributed by atoms with van der Waals surface area (Å²) in [6.45, 7) is 5.38. The Kier molecular flexibility index (Phi) is 4.02. The van der Waals surface area contributed by atoms with Crippen molar-refractivity contribution in [3.8, 4) is 0 Å². The van der Waals surface area contributed by atoms with Crippen LogP contribution < -0.4 is 5.32 Å². The molecule has 0 radical (unpaired) electrons. The highest BCUT2D eigenvalue weighted by Gasteiger charge is 2.24. The van der Waals surface area contributed by atoms with Gasteiger partial charge in [-0.3, -0.25) is 0 Å². The molecule has 0 aliphatic heterocycles. The fourth-order valence-corrected chi connectivity index (χ4v) is 1.75. The minimum atomic E-state index is -0.0402. The second-order valence-corrected chi connectivity index (χ2v) is 3.98. The van der Waals surface area contributed by atoms with Gasteiger partial charge in [0.2, 0.25) is 0 Å². The normalized spacial score (nSPS) is 32.2. The number of aliphatic hydroxyl groups excluding tert-OH is 1. The van der Waals surface area contributed by atoms with Crippen LogP contribution in [0.5, 0.6) is 0 Å². The van der Waals surface area contributed by atoms with Gasteiger partial charge in [-0.2, -0.15) is 0 Å². The van der Waals surface area contributed by atoms with Crippen LogP contribution >= 0.6 is 0 Å². The van der Waals surface area contributed by atoms with Crippen LogP contribution in [0.1, 0.15) is 39.5 Å². The van der Waals surface area contributed by atoms with E-state index in [2.05, 4.69) is 19.2 Å². The molecule has 1 aliphatic carbocycles. The Balaban J connectivity index is 2.13. The number of nitrogens with one attached hydrogen (secondary N) is 1. The average molecular weight is 171 g/mol. The SMILES string of the molecule is CCC(C)NCC1CCCC1O.